The second-order valence-corrected chi connectivity index (χ2v) is 5.08. The van der Waals surface area contributed by atoms with E-state index in [1.807, 2.05) is 30.3 Å². The molecular weight excluding hydrogens is 304 g/mol. The molecule has 0 aliphatic heterocycles. The van der Waals surface area contributed by atoms with E-state index in [1.165, 1.54) is 0 Å². The molecule has 1 N–H and O–H groups in total. The summed E-state index contributed by atoms with van der Waals surface area (Å²) in [6, 6.07) is 14.5. The summed E-state index contributed by atoms with van der Waals surface area (Å²) >= 11 is 0. The van der Waals surface area contributed by atoms with Crippen LogP contribution in [0.5, 0.6) is 5.88 Å². The molecule has 3 rings (SSSR count). The Morgan fingerprint density at radius 2 is 1.92 bits per heavy atom. The minimum absolute atomic E-state index is 0.133. The monoisotopic (exact) mass is 320 g/mol. The zero-order valence-electron chi connectivity index (χ0n) is 13.1. The SMILES string of the molecule is COc1ccc(-c2ccc(C(=O)NCc3cccnc3)cc2)nn1. The molecule has 2 heterocycles. The van der Waals surface area contributed by atoms with E-state index in [0.29, 0.717) is 18.0 Å². The number of amides is 1. The number of methoxy groups -OCH3 is 1. The van der Waals surface area contributed by atoms with E-state index in [0.717, 1.165) is 16.8 Å². The van der Waals surface area contributed by atoms with Gasteiger partial charge in [-0.1, -0.05) is 18.2 Å². The van der Waals surface area contributed by atoms with Gasteiger partial charge in [-0.3, -0.25) is 9.78 Å². The van der Waals surface area contributed by atoms with Crippen molar-refractivity contribution < 1.29 is 9.53 Å². The first kappa shape index (κ1) is 15.6. The standard InChI is InChI=1S/C18H16N4O2/c1-24-17-9-8-16(21-22-17)14-4-6-15(7-5-14)18(23)20-12-13-3-2-10-19-11-13/h2-11H,12H2,1H3,(H,20,23). The van der Waals surface area contributed by atoms with Gasteiger partial charge in [-0.05, 0) is 29.8 Å². The second-order valence-electron chi connectivity index (χ2n) is 5.08. The molecule has 3 aromatic rings. The number of aromatic nitrogens is 3. The number of nitrogens with one attached hydrogen (secondary N) is 1. The summed E-state index contributed by atoms with van der Waals surface area (Å²) in [5.74, 6) is 0.330. The first-order valence-corrected chi connectivity index (χ1v) is 7.41. The number of rotatable bonds is 5. The van der Waals surface area contributed by atoms with Crippen LogP contribution in [0.4, 0.5) is 0 Å². The lowest BCUT2D eigenvalue weighted by Gasteiger charge is -2.06. The molecule has 0 spiro atoms. The van der Waals surface area contributed by atoms with Crippen molar-refractivity contribution in [3.8, 4) is 17.1 Å². The van der Waals surface area contributed by atoms with Gasteiger partial charge in [-0.15, -0.1) is 10.2 Å². The van der Waals surface area contributed by atoms with Gasteiger partial charge in [0.15, 0.2) is 0 Å². The minimum Gasteiger partial charge on any atom is -0.480 e. The summed E-state index contributed by atoms with van der Waals surface area (Å²) in [6.45, 7) is 0.443. The number of hydrogen-bond acceptors (Lipinski definition) is 5. The summed E-state index contributed by atoms with van der Waals surface area (Å²) in [7, 11) is 1.54. The fraction of sp³-hybridized carbons (Fsp3) is 0.111. The number of nitrogens with zero attached hydrogens (tertiary/aromatic N) is 3. The lowest BCUT2D eigenvalue weighted by molar-refractivity contribution is 0.0951. The van der Waals surface area contributed by atoms with Gasteiger partial charge in [0.05, 0.1) is 12.8 Å². The lowest BCUT2D eigenvalue weighted by atomic mass is 10.1. The lowest BCUT2D eigenvalue weighted by Crippen LogP contribution is -2.22. The number of hydrogen-bond donors (Lipinski definition) is 1. The van der Waals surface area contributed by atoms with Gasteiger partial charge >= 0.3 is 0 Å². The van der Waals surface area contributed by atoms with Crippen molar-refractivity contribution in [2.75, 3.05) is 7.11 Å². The first-order valence-electron chi connectivity index (χ1n) is 7.41. The maximum Gasteiger partial charge on any atom is 0.251 e. The van der Waals surface area contributed by atoms with Gasteiger partial charge in [0, 0.05) is 36.1 Å². The molecule has 0 fully saturated rings. The van der Waals surface area contributed by atoms with Crippen molar-refractivity contribution in [1.82, 2.24) is 20.5 Å². The van der Waals surface area contributed by atoms with Gasteiger partial charge in [-0.25, -0.2) is 0 Å². The molecule has 0 atom stereocenters. The van der Waals surface area contributed by atoms with Gasteiger partial charge in [0.2, 0.25) is 5.88 Å². The van der Waals surface area contributed by atoms with Crippen molar-refractivity contribution in [2.45, 2.75) is 6.54 Å². The van der Waals surface area contributed by atoms with Crippen LogP contribution in [0, 0.1) is 0 Å². The first-order chi connectivity index (χ1) is 11.8. The zero-order chi connectivity index (χ0) is 16.8. The summed E-state index contributed by atoms with van der Waals surface area (Å²) in [5.41, 5.74) is 3.15. The molecule has 0 bridgehead atoms. The third-order valence-electron chi connectivity index (χ3n) is 3.47. The molecule has 24 heavy (non-hydrogen) atoms. The Hall–Kier alpha value is -3.28. The topological polar surface area (TPSA) is 77.0 Å². The molecule has 0 radical (unpaired) electrons. The molecule has 0 saturated carbocycles. The van der Waals surface area contributed by atoms with E-state index in [2.05, 4.69) is 20.5 Å². The van der Waals surface area contributed by atoms with E-state index < -0.39 is 0 Å². The number of pyridine rings is 1. The largest absolute Gasteiger partial charge is 0.480 e. The predicted octanol–water partition coefficient (Wildman–Crippen LogP) is 2.48. The van der Waals surface area contributed by atoms with E-state index in [4.69, 9.17) is 4.74 Å². The van der Waals surface area contributed by atoms with Crippen LogP contribution in [0.25, 0.3) is 11.3 Å². The number of ether oxygens (including phenoxy) is 1. The van der Waals surface area contributed by atoms with Crippen molar-refractivity contribution in [1.29, 1.82) is 0 Å². The van der Waals surface area contributed by atoms with Crippen LogP contribution in [-0.4, -0.2) is 28.2 Å². The molecule has 0 aliphatic carbocycles. The van der Waals surface area contributed by atoms with E-state index >= 15 is 0 Å². The molecule has 1 amide bonds. The van der Waals surface area contributed by atoms with E-state index in [1.54, 1.807) is 37.7 Å². The van der Waals surface area contributed by atoms with Crippen molar-refractivity contribution in [3.05, 3.63) is 72.1 Å². The van der Waals surface area contributed by atoms with Crippen LogP contribution in [0.2, 0.25) is 0 Å². The van der Waals surface area contributed by atoms with Gasteiger partial charge in [-0.2, -0.15) is 0 Å². The Morgan fingerprint density at radius 3 is 2.54 bits per heavy atom. The van der Waals surface area contributed by atoms with Crippen molar-refractivity contribution in [3.63, 3.8) is 0 Å². The van der Waals surface area contributed by atoms with Crippen LogP contribution in [-0.2, 0) is 6.54 Å². The van der Waals surface area contributed by atoms with Crippen molar-refractivity contribution in [2.24, 2.45) is 0 Å². The Labute approximate surface area is 139 Å². The molecule has 6 heteroatoms. The molecule has 2 aromatic heterocycles. The maximum absolute atomic E-state index is 12.2. The quantitative estimate of drug-likeness (QED) is 0.781. The number of carbonyl (C=O) groups is 1. The molecular formula is C18H16N4O2. The number of carbonyl (C=O) groups excluding carboxylic acids is 1. The fourth-order valence-electron chi connectivity index (χ4n) is 2.16. The molecule has 0 aliphatic rings. The van der Waals surface area contributed by atoms with Crippen molar-refractivity contribution >= 4 is 5.91 Å². The van der Waals surface area contributed by atoms with E-state index in [9.17, 15) is 4.79 Å². The fourth-order valence-corrected chi connectivity index (χ4v) is 2.16. The highest BCUT2D eigenvalue weighted by molar-refractivity contribution is 5.94. The molecule has 6 nitrogen and oxygen atoms in total. The summed E-state index contributed by atoms with van der Waals surface area (Å²) in [5, 5.41) is 10.9. The Balaban J connectivity index is 1.66. The van der Waals surface area contributed by atoms with Crippen LogP contribution >= 0.6 is 0 Å². The molecule has 120 valence electrons. The van der Waals surface area contributed by atoms with Gasteiger partial charge < -0.3 is 10.1 Å². The van der Waals surface area contributed by atoms with E-state index in [-0.39, 0.29) is 5.91 Å². The van der Waals surface area contributed by atoms with Gasteiger partial charge in [0.1, 0.15) is 0 Å². The maximum atomic E-state index is 12.2. The van der Waals surface area contributed by atoms with Crippen LogP contribution in [0.1, 0.15) is 15.9 Å². The smallest absolute Gasteiger partial charge is 0.251 e. The average molecular weight is 320 g/mol. The second kappa shape index (κ2) is 7.32. The predicted molar refractivity (Wildman–Crippen MR) is 89.4 cm³/mol. The highest BCUT2D eigenvalue weighted by Crippen LogP contribution is 2.18. The Morgan fingerprint density at radius 1 is 1.08 bits per heavy atom. The third kappa shape index (κ3) is 3.73. The molecule has 0 unspecified atom stereocenters. The normalized spacial score (nSPS) is 10.2. The summed E-state index contributed by atoms with van der Waals surface area (Å²) < 4.78 is 4.99. The Bertz CT molecular complexity index is 803. The summed E-state index contributed by atoms with van der Waals surface area (Å²) in [6.07, 6.45) is 3.43. The number of benzene rings is 1. The van der Waals surface area contributed by atoms with Crippen LogP contribution in [0.3, 0.4) is 0 Å². The highest BCUT2D eigenvalue weighted by atomic mass is 16.5. The highest BCUT2D eigenvalue weighted by Gasteiger charge is 2.07. The Kier molecular flexibility index (Phi) is 4.76. The molecule has 0 saturated heterocycles. The van der Waals surface area contributed by atoms with Crippen LogP contribution < -0.4 is 10.1 Å². The molecule has 1 aromatic carbocycles. The average Bonchev–Trinajstić information content (AvgIpc) is 2.67. The minimum atomic E-state index is -0.133. The van der Waals surface area contributed by atoms with Gasteiger partial charge in [0.25, 0.3) is 5.91 Å². The van der Waals surface area contributed by atoms with Crippen LogP contribution in [0.15, 0.2) is 60.9 Å². The zero-order valence-corrected chi connectivity index (χ0v) is 13.1. The third-order valence-corrected chi connectivity index (χ3v) is 3.47. The summed E-state index contributed by atoms with van der Waals surface area (Å²) in [4.78, 5) is 16.2.